The molecule has 0 radical (unpaired) electrons. The van der Waals surface area contributed by atoms with E-state index < -0.39 is 0 Å². The number of hydrogen-bond acceptors (Lipinski definition) is 1. The van der Waals surface area contributed by atoms with Crippen LogP contribution in [0.1, 0.15) is 44.4 Å². The van der Waals surface area contributed by atoms with Gasteiger partial charge in [-0.25, -0.2) is 0 Å². The fourth-order valence-electron chi connectivity index (χ4n) is 1.51. The van der Waals surface area contributed by atoms with Crippen molar-refractivity contribution in [3.05, 3.63) is 35.4 Å². The predicted molar refractivity (Wildman–Crippen MR) is 69.9 cm³/mol. The lowest BCUT2D eigenvalue weighted by Gasteiger charge is -2.20. The summed E-state index contributed by atoms with van der Waals surface area (Å²) in [6.45, 7) is 6.15. The van der Waals surface area contributed by atoms with Crippen LogP contribution in [0.25, 0.3) is 0 Å². The summed E-state index contributed by atoms with van der Waals surface area (Å²) in [4.78, 5) is 0. The van der Waals surface area contributed by atoms with E-state index in [1.165, 1.54) is 5.56 Å². The van der Waals surface area contributed by atoms with E-state index in [2.05, 4.69) is 32.9 Å². The Labute approximate surface area is 104 Å². The molecule has 16 heavy (non-hydrogen) atoms. The summed E-state index contributed by atoms with van der Waals surface area (Å²) in [6, 6.07) is 7.98. The maximum absolute atomic E-state index is 12.1. The first kappa shape index (κ1) is 15.4. The zero-order chi connectivity index (χ0) is 11.5. The molecule has 0 aliphatic rings. The third-order valence-electron chi connectivity index (χ3n) is 2.62. The molecule has 0 fully saturated rings. The fourth-order valence-corrected chi connectivity index (χ4v) is 1.51. The monoisotopic (exact) mass is 245 g/mol. The molecule has 0 unspecified atom stereocenters. The minimum absolute atomic E-state index is 0. The van der Waals surface area contributed by atoms with E-state index in [-0.39, 0.29) is 30.5 Å². The Hall–Kier alpha value is -0.600. The summed E-state index contributed by atoms with van der Waals surface area (Å²) in [7, 11) is 0. The van der Waals surface area contributed by atoms with E-state index >= 15 is 0 Å². The Morgan fingerprint density at radius 3 is 2.06 bits per heavy atom. The second-order valence-corrected chi connectivity index (χ2v) is 4.96. The molecule has 0 saturated carbocycles. The normalized spacial score (nSPS) is 13.1. The van der Waals surface area contributed by atoms with Gasteiger partial charge in [0.15, 0.2) is 0 Å². The van der Waals surface area contributed by atoms with Crippen molar-refractivity contribution in [1.29, 1.82) is 0 Å². The van der Waals surface area contributed by atoms with Gasteiger partial charge in [-0.2, -0.15) is 0 Å². The van der Waals surface area contributed by atoms with E-state index in [1.54, 1.807) is 0 Å². The topological polar surface area (TPSA) is 26.0 Å². The van der Waals surface area contributed by atoms with E-state index in [1.807, 2.05) is 12.1 Å². The van der Waals surface area contributed by atoms with Crippen LogP contribution in [0.3, 0.4) is 0 Å². The molecular formula is C13H21ClFN. The average Bonchev–Trinajstić information content (AvgIpc) is 2.17. The first-order valence-corrected chi connectivity index (χ1v) is 5.37. The SMILES string of the molecule is CC(C)(C)c1ccc([C@@H](N)CCF)cc1.Cl. The molecule has 0 aromatic heterocycles. The zero-order valence-electron chi connectivity index (χ0n) is 10.2. The van der Waals surface area contributed by atoms with Gasteiger partial charge in [0.1, 0.15) is 0 Å². The number of rotatable bonds is 3. The van der Waals surface area contributed by atoms with Crippen molar-refractivity contribution in [2.24, 2.45) is 5.73 Å². The van der Waals surface area contributed by atoms with Crippen molar-refractivity contribution < 1.29 is 4.39 Å². The lowest BCUT2D eigenvalue weighted by molar-refractivity contribution is 0.441. The highest BCUT2D eigenvalue weighted by Crippen LogP contribution is 2.24. The third-order valence-corrected chi connectivity index (χ3v) is 2.62. The molecule has 1 nitrogen and oxygen atoms in total. The van der Waals surface area contributed by atoms with Crippen LogP contribution < -0.4 is 5.73 Å². The van der Waals surface area contributed by atoms with E-state index in [0.717, 1.165) is 5.56 Å². The third kappa shape index (κ3) is 4.11. The first-order chi connectivity index (χ1) is 6.95. The highest BCUT2D eigenvalue weighted by Gasteiger charge is 2.13. The highest BCUT2D eigenvalue weighted by atomic mass is 35.5. The molecule has 0 heterocycles. The van der Waals surface area contributed by atoms with Crippen LogP contribution in [-0.4, -0.2) is 6.67 Å². The maximum Gasteiger partial charge on any atom is 0.0912 e. The van der Waals surface area contributed by atoms with Gasteiger partial charge in [-0.05, 0) is 23.0 Å². The molecule has 1 aromatic carbocycles. The standard InChI is InChI=1S/C13H20FN.ClH/c1-13(2,3)11-6-4-10(5-7-11)12(15)8-9-14;/h4-7,12H,8-9,15H2,1-3H3;1H/t12-;/m0./s1. The molecule has 0 amide bonds. The molecule has 0 saturated heterocycles. The van der Waals surface area contributed by atoms with Gasteiger partial charge in [-0.1, -0.05) is 45.0 Å². The van der Waals surface area contributed by atoms with Gasteiger partial charge in [0, 0.05) is 6.04 Å². The molecule has 1 rings (SSSR count). The summed E-state index contributed by atoms with van der Waals surface area (Å²) in [5.74, 6) is 0. The molecule has 1 aromatic rings. The van der Waals surface area contributed by atoms with Crippen molar-refractivity contribution in [1.82, 2.24) is 0 Å². The molecule has 0 aliphatic carbocycles. The number of alkyl halides is 1. The average molecular weight is 246 g/mol. The Balaban J connectivity index is 0.00000225. The van der Waals surface area contributed by atoms with Crippen LogP contribution in [0.4, 0.5) is 4.39 Å². The van der Waals surface area contributed by atoms with E-state index in [4.69, 9.17) is 5.73 Å². The van der Waals surface area contributed by atoms with Crippen LogP contribution in [0, 0.1) is 0 Å². The van der Waals surface area contributed by atoms with Crippen LogP contribution in [-0.2, 0) is 5.41 Å². The van der Waals surface area contributed by atoms with Crippen molar-refractivity contribution in [3.8, 4) is 0 Å². The lowest BCUT2D eigenvalue weighted by Crippen LogP contribution is -2.13. The summed E-state index contributed by atoms with van der Waals surface area (Å²) < 4.78 is 12.1. The smallest absolute Gasteiger partial charge is 0.0912 e. The van der Waals surface area contributed by atoms with Crippen LogP contribution in [0.15, 0.2) is 24.3 Å². The Kier molecular flexibility index (Phi) is 5.98. The zero-order valence-corrected chi connectivity index (χ0v) is 11.0. The predicted octanol–water partition coefficient (Wildman–Crippen LogP) is 3.77. The molecular weight excluding hydrogens is 225 g/mol. The lowest BCUT2D eigenvalue weighted by atomic mass is 9.86. The van der Waals surface area contributed by atoms with Crippen molar-refractivity contribution in [3.63, 3.8) is 0 Å². The molecule has 0 spiro atoms. The Morgan fingerprint density at radius 2 is 1.69 bits per heavy atom. The number of nitrogens with two attached hydrogens (primary N) is 1. The van der Waals surface area contributed by atoms with Crippen LogP contribution >= 0.6 is 12.4 Å². The van der Waals surface area contributed by atoms with Gasteiger partial charge in [0.2, 0.25) is 0 Å². The van der Waals surface area contributed by atoms with Crippen molar-refractivity contribution in [2.75, 3.05) is 6.67 Å². The number of hydrogen-bond donors (Lipinski definition) is 1. The molecule has 2 N–H and O–H groups in total. The minimum atomic E-state index is -0.359. The highest BCUT2D eigenvalue weighted by molar-refractivity contribution is 5.85. The summed E-state index contributed by atoms with van der Waals surface area (Å²) in [5.41, 5.74) is 8.27. The largest absolute Gasteiger partial charge is 0.324 e. The van der Waals surface area contributed by atoms with Crippen LogP contribution in [0.5, 0.6) is 0 Å². The van der Waals surface area contributed by atoms with Crippen LogP contribution in [0.2, 0.25) is 0 Å². The van der Waals surface area contributed by atoms with Gasteiger partial charge in [0.05, 0.1) is 6.67 Å². The quantitative estimate of drug-likeness (QED) is 0.862. The second kappa shape index (κ2) is 6.21. The number of benzene rings is 1. The molecule has 0 bridgehead atoms. The molecule has 92 valence electrons. The molecule has 3 heteroatoms. The molecule has 0 aliphatic heterocycles. The summed E-state index contributed by atoms with van der Waals surface area (Å²) in [6.07, 6.45) is 0.398. The Morgan fingerprint density at radius 1 is 1.19 bits per heavy atom. The maximum atomic E-state index is 12.1. The second-order valence-electron chi connectivity index (χ2n) is 4.96. The van der Waals surface area contributed by atoms with Gasteiger partial charge in [-0.3, -0.25) is 4.39 Å². The van der Waals surface area contributed by atoms with Crippen molar-refractivity contribution in [2.45, 2.75) is 38.6 Å². The van der Waals surface area contributed by atoms with E-state index in [9.17, 15) is 4.39 Å². The summed E-state index contributed by atoms with van der Waals surface area (Å²) in [5, 5.41) is 0. The van der Waals surface area contributed by atoms with Gasteiger partial charge in [0.25, 0.3) is 0 Å². The van der Waals surface area contributed by atoms with Gasteiger partial charge < -0.3 is 5.73 Å². The number of halogens is 2. The summed E-state index contributed by atoms with van der Waals surface area (Å²) >= 11 is 0. The van der Waals surface area contributed by atoms with Crippen molar-refractivity contribution >= 4 is 12.4 Å². The Bertz CT molecular complexity index is 303. The fraction of sp³-hybridized carbons (Fsp3) is 0.538. The van der Waals surface area contributed by atoms with Gasteiger partial charge in [-0.15, -0.1) is 12.4 Å². The minimum Gasteiger partial charge on any atom is -0.324 e. The molecule has 1 atom stereocenters. The van der Waals surface area contributed by atoms with Gasteiger partial charge >= 0.3 is 0 Å². The first-order valence-electron chi connectivity index (χ1n) is 5.37. The van der Waals surface area contributed by atoms with E-state index in [0.29, 0.717) is 6.42 Å².